The lowest BCUT2D eigenvalue weighted by Crippen LogP contribution is -2.70. The van der Waals surface area contributed by atoms with Crippen LogP contribution in [0.1, 0.15) is 73.1 Å². The van der Waals surface area contributed by atoms with Crippen LogP contribution in [0, 0.1) is 39.5 Å². The van der Waals surface area contributed by atoms with Crippen LogP contribution < -0.4 is 9.47 Å². The van der Waals surface area contributed by atoms with Gasteiger partial charge in [0.05, 0.1) is 30.3 Å². The normalized spacial score (nSPS) is 22.4. The molecule has 3 aliphatic rings. The van der Waals surface area contributed by atoms with Gasteiger partial charge in [0.2, 0.25) is 5.79 Å². The van der Waals surface area contributed by atoms with E-state index in [1.165, 1.54) is 42.3 Å². The van der Waals surface area contributed by atoms with Crippen molar-refractivity contribution < 1.29 is 52.5 Å². The van der Waals surface area contributed by atoms with Crippen molar-refractivity contribution in [1.29, 1.82) is 0 Å². The number of nitro groups is 1. The molecule has 1 heterocycles. The van der Waals surface area contributed by atoms with Crippen molar-refractivity contribution >= 4 is 17.5 Å². The Balaban J connectivity index is 1.42. The fraction of sp³-hybridized carbons (Fsp3) is 0.400. The molecule has 6 atom stereocenters. The van der Waals surface area contributed by atoms with Gasteiger partial charge in [-0.2, -0.15) is 0 Å². The van der Waals surface area contributed by atoms with Gasteiger partial charge in [0.15, 0.2) is 0 Å². The largest absolute Gasteiger partial charge is 0.489 e. The zero-order chi connectivity index (χ0) is 45.9. The average molecular weight is 896 g/mol. The van der Waals surface area contributed by atoms with Crippen LogP contribution in [-0.4, -0.2) is 70.6 Å². The summed E-state index contributed by atoms with van der Waals surface area (Å²) in [5.74, 6) is -2.65. The molecule has 2 aliphatic carbocycles. The SMILES string of the molecule is C=CCOC12Oc3ccc(OCc4ccccc4F)cc3C3C(CCCCO)C(CCCCO)C=C(C(=NOCc4ccc([N+](=O)[O-])cc4)CC1N(Cc1ccc(F)cc1)C(=O)OC)C32. The molecule has 0 bridgehead atoms. The van der Waals surface area contributed by atoms with E-state index in [1.54, 1.807) is 60.7 Å². The molecule has 1 aliphatic heterocycles. The monoisotopic (exact) mass is 895 g/mol. The summed E-state index contributed by atoms with van der Waals surface area (Å²) in [6, 6.07) is 22.8. The van der Waals surface area contributed by atoms with Crippen molar-refractivity contribution in [2.24, 2.45) is 22.9 Å². The second-order valence-corrected chi connectivity index (χ2v) is 16.6. The van der Waals surface area contributed by atoms with E-state index in [0.717, 1.165) is 24.0 Å². The summed E-state index contributed by atoms with van der Waals surface area (Å²) in [6.07, 6.45) is 7.18. The lowest BCUT2D eigenvalue weighted by atomic mass is 9.55. The van der Waals surface area contributed by atoms with E-state index in [4.69, 9.17) is 28.9 Å². The number of carbonyl (C=O) groups is 1. The minimum absolute atomic E-state index is 0.0135. The standard InChI is InChI=1S/C50H55F2N3O10/c1-3-26-63-50-46(54(49(58)61-2)30-33-14-18-37(51)19-15-33)29-44(53-64-31-34-16-20-38(21-17-34)55(59)60)41-27-35(10-6-8-24-56)40(12-7-9-25-57)47(48(41)50)42-28-39(22-23-45(42)65-50)62-32-36-11-4-5-13-43(36)52/h3-5,11,13-23,27-28,35,40,46-48,56-57H,1,6-10,12,24-26,29-32H2,2H3. The number of hydrogen-bond donors (Lipinski definition) is 2. The van der Waals surface area contributed by atoms with Gasteiger partial charge in [-0.3, -0.25) is 15.0 Å². The van der Waals surface area contributed by atoms with Crippen LogP contribution in [0.25, 0.3) is 0 Å². The first-order valence-electron chi connectivity index (χ1n) is 22.0. The van der Waals surface area contributed by atoms with Gasteiger partial charge in [-0.15, -0.1) is 6.58 Å². The highest BCUT2D eigenvalue weighted by Gasteiger charge is 2.65. The summed E-state index contributed by atoms with van der Waals surface area (Å²) in [5.41, 5.74) is 3.68. The number of halogens is 2. The number of ether oxygens (including phenoxy) is 4. The Morgan fingerprint density at radius 2 is 1.69 bits per heavy atom. The second kappa shape index (κ2) is 21.7. The topological polar surface area (TPSA) is 162 Å². The predicted molar refractivity (Wildman–Crippen MR) is 238 cm³/mol. The first-order valence-corrected chi connectivity index (χ1v) is 22.0. The van der Waals surface area contributed by atoms with Crippen LogP contribution in [0.3, 0.4) is 0 Å². The number of unbranched alkanes of at least 4 members (excludes halogenated alkanes) is 2. The number of allylic oxidation sites excluding steroid dienone is 1. The molecule has 0 aromatic heterocycles. The first kappa shape index (κ1) is 46.8. The molecule has 15 heteroatoms. The van der Waals surface area contributed by atoms with E-state index in [-0.39, 0.29) is 75.3 Å². The zero-order valence-corrected chi connectivity index (χ0v) is 36.4. The Morgan fingerprint density at radius 1 is 0.969 bits per heavy atom. The molecule has 65 heavy (non-hydrogen) atoms. The van der Waals surface area contributed by atoms with Gasteiger partial charge in [0.1, 0.15) is 42.4 Å². The molecule has 1 saturated carbocycles. The van der Waals surface area contributed by atoms with Crippen LogP contribution in [0.4, 0.5) is 19.3 Å². The third kappa shape index (κ3) is 10.5. The molecule has 0 saturated heterocycles. The number of carbonyl (C=O) groups excluding carboxylic acids is 1. The van der Waals surface area contributed by atoms with Gasteiger partial charge < -0.3 is 34.0 Å². The van der Waals surface area contributed by atoms with Crippen molar-refractivity contribution in [1.82, 2.24) is 4.90 Å². The number of aliphatic hydroxyl groups is 2. The lowest BCUT2D eigenvalue weighted by molar-refractivity contribution is -0.384. The van der Waals surface area contributed by atoms with E-state index in [1.807, 2.05) is 6.07 Å². The number of amides is 1. The van der Waals surface area contributed by atoms with E-state index in [9.17, 15) is 33.9 Å². The summed E-state index contributed by atoms with van der Waals surface area (Å²) in [5, 5.41) is 36.0. The van der Waals surface area contributed by atoms with Crippen molar-refractivity contribution in [2.45, 2.75) is 82.5 Å². The Morgan fingerprint density at radius 3 is 2.38 bits per heavy atom. The lowest BCUT2D eigenvalue weighted by Gasteiger charge is -2.59. The first-order chi connectivity index (χ1) is 31.6. The fourth-order valence-corrected chi connectivity index (χ4v) is 9.62. The van der Waals surface area contributed by atoms with Crippen LogP contribution in [-0.2, 0) is 34.1 Å². The maximum Gasteiger partial charge on any atom is 0.410 e. The Kier molecular flexibility index (Phi) is 15.6. The summed E-state index contributed by atoms with van der Waals surface area (Å²) < 4.78 is 55.0. The quantitative estimate of drug-likeness (QED) is 0.0357. The summed E-state index contributed by atoms with van der Waals surface area (Å²) >= 11 is 0. The number of methoxy groups -OCH3 is 1. The Hall–Kier alpha value is -6.16. The van der Waals surface area contributed by atoms with Gasteiger partial charge in [-0.05, 0) is 103 Å². The number of nitro benzene ring substituents is 1. The molecule has 7 rings (SSSR count). The van der Waals surface area contributed by atoms with Crippen molar-refractivity contribution in [3.05, 3.63) is 159 Å². The van der Waals surface area contributed by atoms with E-state index >= 15 is 0 Å². The van der Waals surface area contributed by atoms with Gasteiger partial charge in [0.25, 0.3) is 5.69 Å². The summed E-state index contributed by atoms with van der Waals surface area (Å²) in [4.78, 5) is 32.7. The highest BCUT2D eigenvalue weighted by molar-refractivity contribution is 6.03. The fourth-order valence-electron chi connectivity index (χ4n) is 9.62. The van der Waals surface area contributed by atoms with Gasteiger partial charge in [0, 0.05) is 55.4 Å². The van der Waals surface area contributed by atoms with Crippen molar-refractivity contribution in [3.8, 4) is 11.5 Å². The van der Waals surface area contributed by atoms with Crippen LogP contribution >= 0.6 is 0 Å². The minimum atomic E-state index is -1.61. The zero-order valence-electron chi connectivity index (χ0n) is 36.4. The number of aliphatic hydroxyl groups excluding tert-OH is 2. The second-order valence-electron chi connectivity index (χ2n) is 16.6. The van der Waals surface area contributed by atoms with Crippen LogP contribution in [0.15, 0.2) is 120 Å². The van der Waals surface area contributed by atoms with Crippen molar-refractivity contribution in [3.63, 3.8) is 0 Å². The number of hydrogen-bond acceptors (Lipinski definition) is 11. The van der Waals surface area contributed by atoms with E-state index in [0.29, 0.717) is 59.6 Å². The number of rotatable bonds is 21. The number of benzene rings is 4. The average Bonchev–Trinajstić information content (AvgIpc) is 3.31. The van der Waals surface area contributed by atoms with Crippen LogP contribution in [0.2, 0.25) is 0 Å². The van der Waals surface area contributed by atoms with Crippen LogP contribution in [0.5, 0.6) is 11.5 Å². The third-order valence-electron chi connectivity index (χ3n) is 12.6. The molecule has 13 nitrogen and oxygen atoms in total. The molecule has 2 N–H and O–H groups in total. The third-order valence-corrected chi connectivity index (χ3v) is 12.6. The minimum Gasteiger partial charge on any atom is -0.489 e. The van der Waals surface area contributed by atoms with Gasteiger partial charge >= 0.3 is 6.09 Å². The molecular formula is C50H55F2N3O10. The van der Waals surface area contributed by atoms with Crippen molar-refractivity contribution in [2.75, 3.05) is 26.9 Å². The van der Waals surface area contributed by atoms with Gasteiger partial charge in [-0.25, -0.2) is 13.6 Å². The smallest absolute Gasteiger partial charge is 0.410 e. The molecule has 344 valence electrons. The number of fused-ring (bicyclic) bond motifs is 2. The number of oxime groups is 1. The maximum atomic E-state index is 14.8. The highest BCUT2D eigenvalue weighted by atomic mass is 19.1. The Labute approximate surface area is 377 Å². The summed E-state index contributed by atoms with van der Waals surface area (Å²) in [7, 11) is 1.28. The van der Waals surface area contributed by atoms with E-state index < -0.39 is 34.6 Å². The molecule has 6 unspecified atom stereocenters. The molecule has 4 aromatic rings. The molecule has 1 amide bonds. The molecule has 1 fully saturated rings. The van der Waals surface area contributed by atoms with Gasteiger partial charge in [-0.1, -0.05) is 60.5 Å². The molecule has 0 spiro atoms. The predicted octanol–water partition coefficient (Wildman–Crippen LogP) is 9.55. The molecule has 4 aromatic carbocycles. The number of non-ortho nitro benzene ring substituents is 1. The highest BCUT2D eigenvalue weighted by Crippen LogP contribution is 2.62. The van der Waals surface area contributed by atoms with E-state index in [2.05, 4.69) is 12.7 Å². The molecular weight excluding hydrogens is 841 g/mol. The Bertz CT molecular complexity index is 2340. The summed E-state index contributed by atoms with van der Waals surface area (Å²) in [6.45, 7) is 3.97. The molecule has 0 radical (unpaired) electrons. The maximum absolute atomic E-state index is 14.8. The number of nitrogens with zero attached hydrogens (tertiary/aromatic N) is 3.